The number of carbonyl (C=O) groups excluding carboxylic acids is 2. The summed E-state index contributed by atoms with van der Waals surface area (Å²) < 4.78 is 10.7. The largest absolute Gasteiger partial charge is 0.493 e. The van der Waals surface area contributed by atoms with Crippen molar-refractivity contribution < 1.29 is 19.1 Å². The van der Waals surface area contributed by atoms with Gasteiger partial charge in [-0.1, -0.05) is 19.1 Å². The van der Waals surface area contributed by atoms with Crippen LogP contribution < -0.4 is 20.3 Å². The lowest BCUT2D eigenvalue weighted by molar-refractivity contribution is -0.122. The molecule has 2 N–H and O–H groups in total. The third kappa shape index (κ3) is 5.22. The molecule has 1 aromatic carbocycles. The number of hydrogen-bond donors (Lipinski definition) is 2. The fourth-order valence-corrected chi connectivity index (χ4v) is 3.23. The van der Waals surface area contributed by atoms with Gasteiger partial charge in [0.2, 0.25) is 5.91 Å². The molecule has 0 aliphatic rings. The molecule has 2 amide bonds. The Kier molecular flexibility index (Phi) is 6.82. The Morgan fingerprint density at radius 2 is 1.88 bits per heavy atom. The quantitative estimate of drug-likeness (QED) is 0.743. The minimum Gasteiger partial charge on any atom is -0.493 e. The van der Waals surface area contributed by atoms with Crippen LogP contribution in [0.25, 0.3) is 0 Å². The number of aryl methyl sites for hydroxylation is 2. The van der Waals surface area contributed by atoms with Crippen LogP contribution in [-0.2, 0) is 11.2 Å². The number of methoxy groups -OCH3 is 1. The molecule has 0 aliphatic carbocycles. The molecule has 25 heavy (non-hydrogen) atoms. The number of benzene rings is 1. The summed E-state index contributed by atoms with van der Waals surface area (Å²) in [6.45, 7) is 4.20. The lowest BCUT2D eigenvalue weighted by Gasteiger charge is -2.10. The maximum atomic E-state index is 12.0. The van der Waals surface area contributed by atoms with E-state index in [0.717, 1.165) is 12.0 Å². The minimum atomic E-state index is -0.327. The summed E-state index contributed by atoms with van der Waals surface area (Å²) in [6, 6.07) is 9.04. The number of nitrogens with one attached hydrogen (secondary N) is 2. The molecule has 0 saturated carbocycles. The summed E-state index contributed by atoms with van der Waals surface area (Å²) in [4.78, 5) is 25.6. The number of carbonyl (C=O) groups is 2. The Morgan fingerprint density at radius 1 is 1.16 bits per heavy atom. The van der Waals surface area contributed by atoms with Gasteiger partial charge >= 0.3 is 0 Å². The van der Waals surface area contributed by atoms with E-state index in [0.29, 0.717) is 16.4 Å². The number of hydrazine groups is 1. The smallest absolute Gasteiger partial charge is 0.279 e. The van der Waals surface area contributed by atoms with Gasteiger partial charge < -0.3 is 9.47 Å². The van der Waals surface area contributed by atoms with Crippen molar-refractivity contribution in [1.82, 2.24) is 10.9 Å². The zero-order valence-electron chi connectivity index (χ0n) is 14.5. The van der Waals surface area contributed by atoms with Crippen molar-refractivity contribution in [3.05, 3.63) is 45.6 Å². The Hall–Kier alpha value is -2.54. The maximum absolute atomic E-state index is 12.0. The lowest BCUT2D eigenvalue weighted by atomic mass is 10.2. The Balaban J connectivity index is 1.75. The molecule has 0 bridgehead atoms. The van der Waals surface area contributed by atoms with Crippen molar-refractivity contribution in [2.24, 2.45) is 0 Å². The third-order valence-electron chi connectivity index (χ3n) is 3.54. The first-order valence-corrected chi connectivity index (χ1v) is 8.81. The van der Waals surface area contributed by atoms with Crippen LogP contribution in [0.15, 0.2) is 30.3 Å². The van der Waals surface area contributed by atoms with Crippen molar-refractivity contribution >= 4 is 23.2 Å². The molecule has 0 aliphatic heterocycles. The highest BCUT2D eigenvalue weighted by atomic mass is 32.1. The van der Waals surface area contributed by atoms with E-state index in [2.05, 4.69) is 10.9 Å². The summed E-state index contributed by atoms with van der Waals surface area (Å²) in [5.41, 5.74) is 5.92. The van der Waals surface area contributed by atoms with Crippen molar-refractivity contribution in [3.63, 3.8) is 0 Å². The molecule has 0 atom stereocenters. The molecule has 134 valence electrons. The summed E-state index contributed by atoms with van der Waals surface area (Å²) >= 11 is 1.44. The zero-order chi connectivity index (χ0) is 18.2. The van der Waals surface area contributed by atoms with E-state index in [4.69, 9.17) is 9.47 Å². The Labute approximate surface area is 151 Å². The lowest BCUT2D eigenvalue weighted by Crippen LogP contribution is -2.41. The van der Waals surface area contributed by atoms with Gasteiger partial charge in [0.1, 0.15) is 0 Å². The number of rotatable bonds is 7. The van der Waals surface area contributed by atoms with E-state index in [9.17, 15) is 9.59 Å². The van der Waals surface area contributed by atoms with E-state index >= 15 is 0 Å². The standard InChI is InChI=1S/C18H22N2O4S/c1-4-15-12(2)11-16(25-15)18(22)20-19-17(21)9-10-24-14-8-6-5-7-13(14)23-3/h5-8,11H,4,9-10H2,1-3H3,(H,19,21)(H,20,22). The van der Waals surface area contributed by atoms with Crippen molar-refractivity contribution in [1.29, 1.82) is 0 Å². The number of thiophene rings is 1. The maximum Gasteiger partial charge on any atom is 0.279 e. The third-order valence-corrected chi connectivity index (χ3v) is 4.92. The van der Waals surface area contributed by atoms with Gasteiger partial charge in [-0.3, -0.25) is 20.4 Å². The fraction of sp³-hybridized carbons (Fsp3) is 0.333. The van der Waals surface area contributed by atoms with E-state index in [1.165, 1.54) is 16.2 Å². The van der Waals surface area contributed by atoms with E-state index in [1.807, 2.05) is 32.0 Å². The van der Waals surface area contributed by atoms with Crippen LogP contribution in [-0.4, -0.2) is 25.5 Å². The zero-order valence-corrected chi connectivity index (χ0v) is 15.4. The van der Waals surface area contributed by atoms with E-state index in [1.54, 1.807) is 19.2 Å². The average molecular weight is 362 g/mol. The molecule has 1 heterocycles. The topological polar surface area (TPSA) is 76.7 Å². The number of hydrogen-bond acceptors (Lipinski definition) is 5. The first-order valence-electron chi connectivity index (χ1n) is 7.99. The number of para-hydroxylation sites is 2. The second kappa shape index (κ2) is 9.08. The Morgan fingerprint density at radius 3 is 2.52 bits per heavy atom. The highest BCUT2D eigenvalue weighted by Crippen LogP contribution is 2.25. The molecule has 2 aromatic rings. The van der Waals surface area contributed by atoms with Crippen LogP contribution >= 0.6 is 11.3 Å². The van der Waals surface area contributed by atoms with Gasteiger partial charge in [-0.2, -0.15) is 0 Å². The summed E-state index contributed by atoms with van der Waals surface area (Å²) in [7, 11) is 1.56. The molecule has 6 nitrogen and oxygen atoms in total. The second-order valence-electron chi connectivity index (χ2n) is 5.32. The van der Waals surface area contributed by atoms with Crippen LogP contribution in [0.4, 0.5) is 0 Å². The summed E-state index contributed by atoms with van der Waals surface area (Å²) in [5, 5.41) is 0. The van der Waals surface area contributed by atoms with Crippen molar-refractivity contribution in [3.8, 4) is 11.5 Å². The fourth-order valence-electron chi connectivity index (χ4n) is 2.23. The average Bonchev–Trinajstić information content (AvgIpc) is 3.01. The predicted octanol–water partition coefficient (Wildman–Crippen LogP) is 2.86. The SMILES string of the molecule is CCc1sc(C(=O)NNC(=O)CCOc2ccccc2OC)cc1C. The molecular formula is C18H22N2O4S. The molecule has 7 heteroatoms. The summed E-state index contributed by atoms with van der Waals surface area (Å²) in [5.74, 6) is 0.540. The van der Waals surface area contributed by atoms with E-state index in [-0.39, 0.29) is 24.8 Å². The predicted molar refractivity (Wildman–Crippen MR) is 97.1 cm³/mol. The van der Waals surface area contributed by atoms with Crippen LogP contribution in [0, 0.1) is 6.92 Å². The van der Waals surface area contributed by atoms with Crippen LogP contribution in [0.2, 0.25) is 0 Å². The van der Waals surface area contributed by atoms with Crippen LogP contribution in [0.5, 0.6) is 11.5 Å². The Bertz CT molecular complexity index is 742. The van der Waals surface area contributed by atoms with Crippen molar-refractivity contribution in [2.75, 3.05) is 13.7 Å². The van der Waals surface area contributed by atoms with Crippen LogP contribution in [0.3, 0.4) is 0 Å². The molecule has 0 fully saturated rings. The number of ether oxygens (including phenoxy) is 2. The molecule has 2 rings (SSSR count). The van der Waals surface area contributed by atoms with Gasteiger partial charge in [-0.25, -0.2) is 0 Å². The van der Waals surface area contributed by atoms with Gasteiger partial charge in [-0.05, 0) is 37.1 Å². The van der Waals surface area contributed by atoms with Crippen LogP contribution in [0.1, 0.15) is 33.5 Å². The first-order chi connectivity index (χ1) is 12.0. The van der Waals surface area contributed by atoms with E-state index < -0.39 is 0 Å². The van der Waals surface area contributed by atoms with Gasteiger partial charge in [-0.15, -0.1) is 11.3 Å². The molecule has 0 spiro atoms. The van der Waals surface area contributed by atoms with Crippen molar-refractivity contribution in [2.45, 2.75) is 26.7 Å². The highest BCUT2D eigenvalue weighted by molar-refractivity contribution is 7.14. The molecule has 0 saturated heterocycles. The van der Waals surface area contributed by atoms with Gasteiger partial charge in [0, 0.05) is 4.88 Å². The molecular weight excluding hydrogens is 340 g/mol. The van der Waals surface area contributed by atoms with Gasteiger partial charge in [0.05, 0.1) is 25.0 Å². The highest BCUT2D eigenvalue weighted by Gasteiger charge is 2.12. The minimum absolute atomic E-state index is 0.113. The first kappa shape index (κ1) is 18.8. The normalized spacial score (nSPS) is 10.2. The van der Waals surface area contributed by atoms with Gasteiger partial charge in [0.15, 0.2) is 11.5 Å². The number of amides is 2. The second-order valence-corrected chi connectivity index (χ2v) is 6.46. The molecule has 1 aromatic heterocycles. The molecule has 0 radical (unpaired) electrons. The van der Waals surface area contributed by atoms with Gasteiger partial charge in [0.25, 0.3) is 5.91 Å². The summed E-state index contributed by atoms with van der Waals surface area (Å²) in [6.07, 6.45) is 0.998. The molecule has 0 unspecified atom stereocenters. The monoisotopic (exact) mass is 362 g/mol.